The van der Waals surface area contributed by atoms with Crippen molar-refractivity contribution >= 4 is 0 Å². The molecule has 6 heteroatoms. The summed E-state index contributed by atoms with van der Waals surface area (Å²) in [5, 5.41) is 4.12. The second kappa shape index (κ2) is 6.51. The van der Waals surface area contributed by atoms with E-state index < -0.39 is 0 Å². The zero-order valence-corrected chi connectivity index (χ0v) is 10.4. The molecule has 0 unspecified atom stereocenters. The van der Waals surface area contributed by atoms with Gasteiger partial charge in [-0.25, -0.2) is 4.68 Å². The third kappa shape index (κ3) is 3.54. The summed E-state index contributed by atoms with van der Waals surface area (Å²) in [5.74, 6) is 0.952. The standard InChI is InChI=1S/C12H19N3O3/c13-3-6-18-11-7-12(16)15(14-8-11)9-10-1-4-17-5-2-10/h7-8,10H,1-6,9,13H2. The normalized spacial score (nSPS) is 16.7. The second-order valence-electron chi connectivity index (χ2n) is 4.40. The lowest BCUT2D eigenvalue weighted by Gasteiger charge is -2.22. The third-order valence-corrected chi connectivity index (χ3v) is 3.00. The van der Waals surface area contributed by atoms with E-state index in [4.69, 9.17) is 15.2 Å². The smallest absolute Gasteiger partial charge is 0.270 e. The minimum atomic E-state index is -0.129. The summed E-state index contributed by atoms with van der Waals surface area (Å²) < 4.78 is 12.0. The van der Waals surface area contributed by atoms with Crippen LogP contribution in [0.5, 0.6) is 5.75 Å². The van der Waals surface area contributed by atoms with E-state index >= 15 is 0 Å². The van der Waals surface area contributed by atoms with Gasteiger partial charge in [-0.2, -0.15) is 5.10 Å². The fourth-order valence-corrected chi connectivity index (χ4v) is 1.98. The summed E-state index contributed by atoms with van der Waals surface area (Å²) in [6.45, 7) is 3.02. The summed E-state index contributed by atoms with van der Waals surface area (Å²) in [5.41, 5.74) is 5.20. The Morgan fingerprint density at radius 2 is 2.28 bits per heavy atom. The van der Waals surface area contributed by atoms with Crippen molar-refractivity contribution in [2.24, 2.45) is 11.7 Å². The van der Waals surface area contributed by atoms with E-state index in [0.29, 0.717) is 31.4 Å². The van der Waals surface area contributed by atoms with Crippen molar-refractivity contribution in [3.63, 3.8) is 0 Å². The van der Waals surface area contributed by atoms with Crippen molar-refractivity contribution in [1.82, 2.24) is 9.78 Å². The molecule has 2 heterocycles. The molecule has 1 aromatic heterocycles. The highest BCUT2D eigenvalue weighted by atomic mass is 16.5. The van der Waals surface area contributed by atoms with Gasteiger partial charge in [-0.1, -0.05) is 0 Å². The van der Waals surface area contributed by atoms with E-state index in [9.17, 15) is 4.79 Å². The maximum atomic E-state index is 11.8. The van der Waals surface area contributed by atoms with Crippen LogP contribution in [0.1, 0.15) is 12.8 Å². The topological polar surface area (TPSA) is 79.4 Å². The Morgan fingerprint density at radius 1 is 1.50 bits per heavy atom. The number of ether oxygens (including phenoxy) is 2. The lowest BCUT2D eigenvalue weighted by Crippen LogP contribution is -2.29. The van der Waals surface area contributed by atoms with Gasteiger partial charge in [0.15, 0.2) is 0 Å². The zero-order valence-electron chi connectivity index (χ0n) is 10.4. The average molecular weight is 253 g/mol. The molecule has 2 N–H and O–H groups in total. The van der Waals surface area contributed by atoms with E-state index in [0.717, 1.165) is 26.1 Å². The Morgan fingerprint density at radius 3 is 2.94 bits per heavy atom. The molecule has 0 bridgehead atoms. The van der Waals surface area contributed by atoms with Gasteiger partial charge in [0.05, 0.1) is 6.20 Å². The number of hydrogen-bond donors (Lipinski definition) is 1. The molecule has 0 saturated carbocycles. The molecular weight excluding hydrogens is 234 g/mol. The largest absolute Gasteiger partial charge is 0.490 e. The number of nitrogens with two attached hydrogens (primary N) is 1. The van der Waals surface area contributed by atoms with Gasteiger partial charge < -0.3 is 15.2 Å². The minimum Gasteiger partial charge on any atom is -0.490 e. The molecular formula is C12H19N3O3. The summed E-state index contributed by atoms with van der Waals surface area (Å²) in [6.07, 6.45) is 3.54. The first-order valence-electron chi connectivity index (χ1n) is 6.27. The van der Waals surface area contributed by atoms with Crippen molar-refractivity contribution in [2.45, 2.75) is 19.4 Å². The molecule has 1 aromatic rings. The predicted octanol–water partition coefficient (Wildman–Crippen LogP) is 0.00740. The molecule has 6 nitrogen and oxygen atoms in total. The molecule has 0 spiro atoms. The van der Waals surface area contributed by atoms with Crippen LogP contribution in [0.25, 0.3) is 0 Å². The Labute approximate surface area is 106 Å². The maximum Gasteiger partial charge on any atom is 0.270 e. The van der Waals surface area contributed by atoms with Crippen LogP contribution >= 0.6 is 0 Å². The van der Waals surface area contributed by atoms with E-state index in [1.165, 1.54) is 10.7 Å². The van der Waals surface area contributed by atoms with Crippen molar-refractivity contribution in [3.8, 4) is 5.75 Å². The molecule has 18 heavy (non-hydrogen) atoms. The quantitative estimate of drug-likeness (QED) is 0.799. The average Bonchev–Trinajstić information content (AvgIpc) is 2.40. The van der Waals surface area contributed by atoms with Crippen LogP contribution in [-0.4, -0.2) is 36.1 Å². The second-order valence-corrected chi connectivity index (χ2v) is 4.40. The Kier molecular flexibility index (Phi) is 4.72. The van der Waals surface area contributed by atoms with Gasteiger partial charge in [0.25, 0.3) is 5.56 Å². The molecule has 2 rings (SSSR count). The Balaban J connectivity index is 1.98. The van der Waals surface area contributed by atoms with Crippen LogP contribution in [-0.2, 0) is 11.3 Å². The van der Waals surface area contributed by atoms with Gasteiger partial charge in [0.1, 0.15) is 12.4 Å². The van der Waals surface area contributed by atoms with E-state index in [1.54, 1.807) is 6.20 Å². The number of rotatable bonds is 5. The van der Waals surface area contributed by atoms with Gasteiger partial charge in [0.2, 0.25) is 0 Å². The van der Waals surface area contributed by atoms with Gasteiger partial charge in [-0.05, 0) is 18.8 Å². The first-order valence-corrected chi connectivity index (χ1v) is 6.27. The fraction of sp³-hybridized carbons (Fsp3) is 0.667. The zero-order chi connectivity index (χ0) is 12.8. The van der Waals surface area contributed by atoms with E-state index in [1.807, 2.05) is 0 Å². The van der Waals surface area contributed by atoms with Crippen LogP contribution in [0.3, 0.4) is 0 Å². The minimum absolute atomic E-state index is 0.129. The lowest BCUT2D eigenvalue weighted by molar-refractivity contribution is 0.0596. The van der Waals surface area contributed by atoms with E-state index in [2.05, 4.69) is 5.10 Å². The van der Waals surface area contributed by atoms with Crippen LogP contribution in [0.4, 0.5) is 0 Å². The highest BCUT2D eigenvalue weighted by molar-refractivity contribution is 5.13. The molecule has 0 atom stereocenters. The number of hydrogen-bond acceptors (Lipinski definition) is 5. The first-order chi connectivity index (χ1) is 8.79. The third-order valence-electron chi connectivity index (χ3n) is 3.00. The van der Waals surface area contributed by atoms with Crippen LogP contribution in [0.15, 0.2) is 17.1 Å². The van der Waals surface area contributed by atoms with Crippen LogP contribution in [0, 0.1) is 5.92 Å². The van der Waals surface area contributed by atoms with Gasteiger partial charge in [0, 0.05) is 32.4 Å². The van der Waals surface area contributed by atoms with Gasteiger partial charge >= 0.3 is 0 Å². The van der Waals surface area contributed by atoms with Crippen molar-refractivity contribution in [1.29, 1.82) is 0 Å². The highest BCUT2D eigenvalue weighted by Gasteiger charge is 2.15. The molecule has 0 aromatic carbocycles. The van der Waals surface area contributed by atoms with Crippen molar-refractivity contribution < 1.29 is 9.47 Å². The number of nitrogens with zero attached hydrogens (tertiary/aromatic N) is 2. The highest BCUT2D eigenvalue weighted by Crippen LogP contribution is 2.15. The van der Waals surface area contributed by atoms with Gasteiger partial charge in [-0.15, -0.1) is 0 Å². The SMILES string of the molecule is NCCOc1cnn(CC2CCOCC2)c(=O)c1. The monoisotopic (exact) mass is 253 g/mol. The molecule has 1 aliphatic rings. The van der Waals surface area contributed by atoms with Gasteiger partial charge in [-0.3, -0.25) is 4.79 Å². The lowest BCUT2D eigenvalue weighted by atomic mass is 10.0. The van der Waals surface area contributed by atoms with Crippen LogP contribution < -0.4 is 16.0 Å². The summed E-state index contributed by atoms with van der Waals surface area (Å²) >= 11 is 0. The molecule has 1 fully saturated rings. The number of aromatic nitrogens is 2. The molecule has 1 aliphatic heterocycles. The van der Waals surface area contributed by atoms with Crippen molar-refractivity contribution in [2.75, 3.05) is 26.4 Å². The first kappa shape index (κ1) is 13.0. The molecule has 100 valence electrons. The van der Waals surface area contributed by atoms with E-state index in [-0.39, 0.29) is 5.56 Å². The maximum absolute atomic E-state index is 11.8. The molecule has 0 aliphatic carbocycles. The predicted molar refractivity (Wildman–Crippen MR) is 66.6 cm³/mol. The summed E-state index contributed by atoms with van der Waals surface area (Å²) in [7, 11) is 0. The fourth-order valence-electron chi connectivity index (χ4n) is 1.98. The van der Waals surface area contributed by atoms with Crippen molar-refractivity contribution in [3.05, 3.63) is 22.6 Å². The molecule has 0 amide bonds. The summed E-state index contributed by atoms with van der Waals surface area (Å²) in [4.78, 5) is 11.8. The van der Waals surface area contributed by atoms with Crippen LogP contribution in [0.2, 0.25) is 0 Å². The molecule has 1 saturated heterocycles. The molecule has 0 radical (unpaired) electrons. The Bertz CT molecular complexity index is 427. The Hall–Kier alpha value is -1.40. The summed E-state index contributed by atoms with van der Waals surface area (Å²) in [6, 6.07) is 1.46.